The highest BCUT2D eigenvalue weighted by Gasteiger charge is 2.18. The molecule has 0 aromatic heterocycles. The normalized spacial score (nSPS) is 15.3. The highest BCUT2D eigenvalue weighted by atomic mass is 32.2. The van der Waals surface area contributed by atoms with E-state index in [0.717, 1.165) is 5.56 Å². The van der Waals surface area contributed by atoms with Crippen molar-refractivity contribution in [3.8, 4) is 0 Å². The van der Waals surface area contributed by atoms with Crippen molar-refractivity contribution in [2.24, 2.45) is 0 Å². The van der Waals surface area contributed by atoms with Gasteiger partial charge in [0.15, 0.2) is 5.12 Å². The molecule has 0 spiro atoms. The molecule has 5 heteroatoms. The number of amides is 1. The van der Waals surface area contributed by atoms with Crippen LogP contribution in [0.1, 0.15) is 22.8 Å². The molecule has 1 saturated heterocycles. The van der Waals surface area contributed by atoms with Crippen molar-refractivity contribution < 1.29 is 14.3 Å². The van der Waals surface area contributed by atoms with Crippen LogP contribution >= 0.6 is 11.8 Å². The Labute approximate surface area is 117 Å². The topological polar surface area (TPSA) is 46.6 Å². The Bertz CT molecular complexity index is 452. The Morgan fingerprint density at radius 2 is 1.84 bits per heavy atom. The molecular weight excluding hydrogens is 262 g/mol. The van der Waals surface area contributed by atoms with Crippen LogP contribution in [0.25, 0.3) is 0 Å². The molecule has 0 atom stereocenters. The van der Waals surface area contributed by atoms with Crippen LogP contribution in [0.5, 0.6) is 0 Å². The predicted octanol–water partition coefficient (Wildman–Crippen LogP) is 1.94. The molecular formula is C14H17NO3S. The van der Waals surface area contributed by atoms with E-state index in [1.807, 2.05) is 29.2 Å². The van der Waals surface area contributed by atoms with Crippen molar-refractivity contribution in [2.75, 3.05) is 26.3 Å². The molecule has 1 aromatic carbocycles. The monoisotopic (exact) mass is 279 g/mol. The molecule has 1 fully saturated rings. The largest absolute Gasteiger partial charge is 0.378 e. The van der Waals surface area contributed by atoms with Crippen molar-refractivity contribution in [2.45, 2.75) is 12.7 Å². The third kappa shape index (κ3) is 4.08. The van der Waals surface area contributed by atoms with Crippen molar-refractivity contribution in [3.05, 3.63) is 35.4 Å². The first-order valence-electron chi connectivity index (χ1n) is 6.26. The molecule has 0 unspecified atom stereocenters. The average molecular weight is 279 g/mol. The number of carbonyl (C=O) groups excluding carboxylic acids is 2. The summed E-state index contributed by atoms with van der Waals surface area (Å²) in [5, 5.41) is 0.105. The van der Waals surface area contributed by atoms with Gasteiger partial charge in [-0.15, -0.1) is 0 Å². The van der Waals surface area contributed by atoms with E-state index in [-0.39, 0.29) is 11.0 Å². The van der Waals surface area contributed by atoms with Gasteiger partial charge in [-0.25, -0.2) is 0 Å². The maximum atomic E-state index is 12.2. The molecule has 1 aliphatic heterocycles. The van der Waals surface area contributed by atoms with Crippen LogP contribution in [0.15, 0.2) is 24.3 Å². The van der Waals surface area contributed by atoms with Crippen molar-refractivity contribution in [1.29, 1.82) is 0 Å². The number of hydrogen-bond acceptors (Lipinski definition) is 4. The quantitative estimate of drug-likeness (QED) is 0.848. The number of nitrogens with zero attached hydrogens (tertiary/aromatic N) is 1. The van der Waals surface area contributed by atoms with Crippen molar-refractivity contribution in [1.82, 2.24) is 4.90 Å². The van der Waals surface area contributed by atoms with Crippen LogP contribution in [-0.4, -0.2) is 42.2 Å². The number of rotatable bonds is 3. The average Bonchev–Trinajstić information content (AvgIpc) is 2.46. The molecule has 19 heavy (non-hydrogen) atoms. The maximum absolute atomic E-state index is 12.2. The van der Waals surface area contributed by atoms with Crippen LogP contribution in [0, 0.1) is 0 Å². The number of hydrogen-bond donors (Lipinski definition) is 0. The van der Waals surface area contributed by atoms with E-state index in [1.165, 1.54) is 11.8 Å². The van der Waals surface area contributed by atoms with Gasteiger partial charge < -0.3 is 9.64 Å². The second-order valence-electron chi connectivity index (χ2n) is 4.38. The van der Waals surface area contributed by atoms with E-state index in [1.54, 1.807) is 6.92 Å². The van der Waals surface area contributed by atoms with E-state index in [9.17, 15) is 9.59 Å². The van der Waals surface area contributed by atoms with Gasteiger partial charge >= 0.3 is 0 Å². The Kier molecular flexibility index (Phi) is 4.99. The second kappa shape index (κ2) is 6.73. The molecule has 102 valence electrons. The second-order valence-corrected chi connectivity index (χ2v) is 5.53. The summed E-state index contributed by atoms with van der Waals surface area (Å²) in [5.41, 5.74) is 1.75. The highest BCUT2D eigenvalue weighted by Crippen LogP contribution is 2.15. The summed E-state index contributed by atoms with van der Waals surface area (Å²) in [6.45, 7) is 4.08. The van der Waals surface area contributed by atoms with E-state index in [0.29, 0.717) is 37.6 Å². The number of benzene rings is 1. The van der Waals surface area contributed by atoms with Gasteiger partial charge in [-0.05, 0) is 17.7 Å². The zero-order valence-electron chi connectivity index (χ0n) is 10.9. The SMILES string of the molecule is CC(=O)SCc1ccc(C(=O)N2CCOCC2)cc1. The lowest BCUT2D eigenvalue weighted by atomic mass is 10.1. The van der Waals surface area contributed by atoms with Crippen LogP contribution < -0.4 is 0 Å². The molecule has 0 saturated carbocycles. The summed E-state index contributed by atoms with van der Waals surface area (Å²) in [6.07, 6.45) is 0. The third-order valence-electron chi connectivity index (χ3n) is 2.94. The van der Waals surface area contributed by atoms with Gasteiger partial charge in [0, 0.05) is 31.3 Å². The molecule has 2 rings (SSSR count). The smallest absolute Gasteiger partial charge is 0.254 e. The number of thioether (sulfide) groups is 1. The van der Waals surface area contributed by atoms with Gasteiger partial charge in [0.05, 0.1) is 13.2 Å². The first-order valence-corrected chi connectivity index (χ1v) is 7.24. The summed E-state index contributed by atoms with van der Waals surface area (Å²) in [6, 6.07) is 7.47. The predicted molar refractivity (Wildman–Crippen MR) is 75.1 cm³/mol. The first-order chi connectivity index (χ1) is 9.16. The number of ether oxygens (including phenoxy) is 1. The summed E-state index contributed by atoms with van der Waals surface area (Å²) in [7, 11) is 0. The van der Waals surface area contributed by atoms with Crippen LogP contribution in [0.2, 0.25) is 0 Å². The summed E-state index contributed by atoms with van der Waals surface area (Å²) in [4.78, 5) is 24.9. The van der Waals surface area contributed by atoms with Crippen LogP contribution in [-0.2, 0) is 15.3 Å². The van der Waals surface area contributed by atoms with Crippen LogP contribution in [0.3, 0.4) is 0 Å². The molecule has 1 aliphatic rings. The fraction of sp³-hybridized carbons (Fsp3) is 0.429. The Balaban J connectivity index is 1.97. The van der Waals surface area contributed by atoms with Gasteiger partial charge in [-0.3, -0.25) is 9.59 Å². The lowest BCUT2D eigenvalue weighted by molar-refractivity contribution is -0.109. The van der Waals surface area contributed by atoms with Crippen LogP contribution in [0.4, 0.5) is 0 Å². The van der Waals surface area contributed by atoms with E-state index in [2.05, 4.69) is 0 Å². The molecule has 1 aromatic rings. The third-order valence-corrected chi connectivity index (χ3v) is 3.83. The number of carbonyl (C=O) groups is 2. The lowest BCUT2D eigenvalue weighted by Gasteiger charge is -2.26. The standard InChI is InChI=1S/C14H17NO3S/c1-11(16)19-10-12-2-4-13(5-3-12)14(17)15-6-8-18-9-7-15/h2-5H,6-10H2,1H3. The minimum Gasteiger partial charge on any atom is -0.378 e. The highest BCUT2D eigenvalue weighted by molar-refractivity contribution is 8.12. The fourth-order valence-electron chi connectivity index (χ4n) is 1.88. The minimum absolute atomic E-state index is 0.0501. The zero-order chi connectivity index (χ0) is 13.7. The Morgan fingerprint density at radius 3 is 2.42 bits per heavy atom. The number of morpholine rings is 1. The molecule has 0 aliphatic carbocycles. The summed E-state index contributed by atoms with van der Waals surface area (Å²) in [5.74, 6) is 0.704. The fourth-order valence-corrected chi connectivity index (χ4v) is 2.44. The zero-order valence-corrected chi connectivity index (χ0v) is 11.7. The molecule has 0 radical (unpaired) electrons. The molecule has 4 nitrogen and oxygen atoms in total. The van der Waals surface area contributed by atoms with Gasteiger partial charge in [-0.2, -0.15) is 0 Å². The van der Waals surface area contributed by atoms with Gasteiger partial charge in [0.25, 0.3) is 5.91 Å². The van der Waals surface area contributed by atoms with Crippen molar-refractivity contribution in [3.63, 3.8) is 0 Å². The van der Waals surface area contributed by atoms with Gasteiger partial charge in [0.1, 0.15) is 0 Å². The summed E-state index contributed by atoms with van der Waals surface area (Å²) < 4.78 is 5.23. The van der Waals surface area contributed by atoms with E-state index in [4.69, 9.17) is 4.74 Å². The van der Waals surface area contributed by atoms with E-state index < -0.39 is 0 Å². The molecule has 1 amide bonds. The Hall–Kier alpha value is -1.33. The molecule has 1 heterocycles. The first kappa shape index (κ1) is 14.1. The van der Waals surface area contributed by atoms with Crippen molar-refractivity contribution >= 4 is 22.8 Å². The lowest BCUT2D eigenvalue weighted by Crippen LogP contribution is -2.40. The minimum atomic E-state index is 0.0501. The molecule has 0 N–H and O–H groups in total. The van der Waals surface area contributed by atoms with Gasteiger partial charge in [-0.1, -0.05) is 23.9 Å². The Morgan fingerprint density at radius 1 is 1.21 bits per heavy atom. The maximum Gasteiger partial charge on any atom is 0.254 e. The van der Waals surface area contributed by atoms with Gasteiger partial charge in [0.2, 0.25) is 0 Å². The van der Waals surface area contributed by atoms with E-state index >= 15 is 0 Å². The molecule has 0 bridgehead atoms. The summed E-state index contributed by atoms with van der Waals surface area (Å²) >= 11 is 1.28.